The third kappa shape index (κ3) is 3.74. The Morgan fingerprint density at radius 1 is 1.44 bits per heavy atom. The Morgan fingerprint density at radius 3 is 2.62 bits per heavy atom. The van der Waals surface area contributed by atoms with Gasteiger partial charge in [-0.25, -0.2) is 4.98 Å². The Bertz CT molecular complexity index is 331. The lowest BCUT2D eigenvalue weighted by atomic mass is 10.0. The van der Waals surface area contributed by atoms with Crippen molar-refractivity contribution in [3.63, 3.8) is 0 Å². The molecule has 90 valence electrons. The maximum atomic E-state index is 9.25. The molecule has 1 unspecified atom stereocenters. The molecular formula is C12H19ClN2O. The van der Waals surface area contributed by atoms with E-state index in [1.807, 2.05) is 12.1 Å². The van der Waals surface area contributed by atoms with Gasteiger partial charge in [0.25, 0.3) is 0 Å². The Morgan fingerprint density at radius 2 is 2.12 bits per heavy atom. The molecule has 3 nitrogen and oxygen atoms in total. The van der Waals surface area contributed by atoms with Crippen molar-refractivity contribution in [1.29, 1.82) is 0 Å². The van der Waals surface area contributed by atoms with E-state index in [9.17, 15) is 5.11 Å². The van der Waals surface area contributed by atoms with Crippen LogP contribution in [0.3, 0.4) is 0 Å². The van der Waals surface area contributed by atoms with Gasteiger partial charge in [0.1, 0.15) is 5.15 Å². The molecule has 0 aliphatic rings. The number of aromatic nitrogens is 1. The fourth-order valence-corrected chi connectivity index (χ4v) is 1.74. The third-order valence-corrected chi connectivity index (χ3v) is 2.92. The summed E-state index contributed by atoms with van der Waals surface area (Å²) in [6.45, 7) is 6.36. The van der Waals surface area contributed by atoms with Crippen molar-refractivity contribution < 1.29 is 5.11 Å². The quantitative estimate of drug-likeness (QED) is 0.780. The molecule has 0 aliphatic heterocycles. The van der Waals surface area contributed by atoms with E-state index in [1.165, 1.54) is 0 Å². The number of rotatable bonds is 5. The second-order valence-electron chi connectivity index (χ2n) is 4.33. The molecule has 1 heterocycles. The summed E-state index contributed by atoms with van der Waals surface area (Å²) in [7, 11) is 0. The van der Waals surface area contributed by atoms with Gasteiger partial charge in [0.05, 0.1) is 6.61 Å². The monoisotopic (exact) mass is 242 g/mol. The zero-order valence-electron chi connectivity index (χ0n) is 9.94. The minimum absolute atomic E-state index is 0.0990. The highest BCUT2D eigenvalue weighted by Gasteiger charge is 2.15. The van der Waals surface area contributed by atoms with Crippen molar-refractivity contribution in [3.8, 4) is 0 Å². The summed E-state index contributed by atoms with van der Waals surface area (Å²) in [5.41, 5.74) is 1.08. The first kappa shape index (κ1) is 13.4. The molecule has 0 aromatic carbocycles. The summed E-state index contributed by atoms with van der Waals surface area (Å²) < 4.78 is 0. The fourth-order valence-electron chi connectivity index (χ4n) is 1.56. The van der Waals surface area contributed by atoms with Gasteiger partial charge in [-0.2, -0.15) is 0 Å². The van der Waals surface area contributed by atoms with Crippen molar-refractivity contribution in [1.82, 2.24) is 10.3 Å². The van der Waals surface area contributed by atoms with Crippen molar-refractivity contribution in [2.24, 2.45) is 5.92 Å². The Kier molecular flexibility index (Phi) is 5.19. The molecule has 1 aromatic rings. The molecule has 0 bridgehead atoms. The Hall–Kier alpha value is -0.640. The van der Waals surface area contributed by atoms with Crippen LogP contribution in [0.5, 0.6) is 0 Å². The maximum absolute atomic E-state index is 9.25. The highest BCUT2D eigenvalue weighted by Crippen LogP contribution is 2.17. The molecule has 0 aliphatic carbocycles. The lowest BCUT2D eigenvalue weighted by Gasteiger charge is -2.24. The number of hydrogen-bond acceptors (Lipinski definition) is 3. The van der Waals surface area contributed by atoms with E-state index in [2.05, 4.69) is 31.1 Å². The van der Waals surface area contributed by atoms with Crippen molar-refractivity contribution in [3.05, 3.63) is 29.0 Å². The van der Waals surface area contributed by atoms with Crippen LogP contribution in [0.15, 0.2) is 18.3 Å². The molecule has 2 atom stereocenters. The highest BCUT2D eigenvalue weighted by atomic mass is 35.5. The SMILES string of the molecule is CC(N[C@H](CO)C(C)C)c1ccnc(Cl)c1. The van der Waals surface area contributed by atoms with Crippen LogP contribution < -0.4 is 5.32 Å². The third-order valence-electron chi connectivity index (χ3n) is 2.72. The van der Waals surface area contributed by atoms with E-state index in [1.54, 1.807) is 6.20 Å². The van der Waals surface area contributed by atoms with Gasteiger partial charge in [-0.3, -0.25) is 0 Å². The standard InChI is InChI=1S/C12H19ClN2O/c1-8(2)11(7-16)15-9(3)10-4-5-14-12(13)6-10/h4-6,8-9,11,15-16H,7H2,1-3H3/t9?,11-/m1/s1. The van der Waals surface area contributed by atoms with Gasteiger partial charge in [-0.1, -0.05) is 25.4 Å². The van der Waals surface area contributed by atoms with Crippen LogP contribution in [0.25, 0.3) is 0 Å². The van der Waals surface area contributed by atoms with Crippen LogP contribution in [0, 0.1) is 5.92 Å². The molecule has 0 amide bonds. The summed E-state index contributed by atoms with van der Waals surface area (Å²) in [6, 6.07) is 4.02. The van der Waals surface area contributed by atoms with Crippen molar-refractivity contribution in [2.45, 2.75) is 32.9 Å². The van der Waals surface area contributed by atoms with Gasteiger partial charge in [0, 0.05) is 18.3 Å². The van der Waals surface area contributed by atoms with E-state index in [0.29, 0.717) is 11.1 Å². The normalized spacial score (nSPS) is 15.1. The van der Waals surface area contributed by atoms with Crippen LogP contribution in [0.2, 0.25) is 5.15 Å². The fraction of sp³-hybridized carbons (Fsp3) is 0.583. The average molecular weight is 243 g/mol. The van der Waals surface area contributed by atoms with E-state index in [-0.39, 0.29) is 18.7 Å². The first-order valence-electron chi connectivity index (χ1n) is 5.53. The molecule has 0 radical (unpaired) electrons. The molecule has 1 aromatic heterocycles. The van der Waals surface area contributed by atoms with Crippen LogP contribution in [0.1, 0.15) is 32.4 Å². The number of aliphatic hydroxyl groups excluding tert-OH is 1. The molecule has 1 rings (SSSR count). The summed E-state index contributed by atoms with van der Waals surface area (Å²) in [5, 5.41) is 13.1. The van der Waals surface area contributed by atoms with Crippen molar-refractivity contribution >= 4 is 11.6 Å². The molecule has 4 heteroatoms. The summed E-state index contributed by atoms with van der Waals surface area (Å²) >= 11 is 5.83. The van der Waals surface area contributed by atoms with Gasteiger partial charge in [-0.05, 0) is 30.5 Å². The first-order chi connectivity index (χ1) is 7.54. The zero-order valence-corrected chi connectivity index (χ0v) is 10.7. The van der Waals surface area contributed by atoms with Gasteiger partial charge >= 0.3 is 0 Å². The smallest absolute Gasteiger partial charge is 0.129 e. The highest BCUT2D eigenvalue weighted by molar-refractivity contribution is 6.29. The number of nitrogens with zero attached hydrogens (tertiary/aromatic N) is 1. The zero-order chi connectivity index (χ0) is 12.1. The van der Waals surface area contributed by atoms with Crippen LogP contribution >= 0.6 is 11.6 Å². The lowest BCUT2D eigenvalue weighted by Crippen LogP contribution is -2.38. The van der Waals surface area contributed by atoms with E-state index in [0.717, 1.165) is 5.56 Å². The first-order valence-corrected chi connectivity index (χ1v) is 5.90. The van der Waals surface area contributed by atoms with Gasteiger partial charge < -0.3 is 10.4 Å². The van der Waals surface area contributed by atoms with Crippen molar-refractivity contribution in [2.75, 3.05) is 6.61 Å². The molecule has 2 N–H and O–H groups in total. The minimum Gasteiger partial charge on any atom is -0.395 e. The number of pyridine rings is 1. The second-order valence-corrected chi connectivity index (χ2v) is 4.72. The predicted octanol–water partition coefficient (Wildman–Crippen LogP) is 2.40. The average Bonchev–Trinajstić information content (AvgIpc) is 2.25. The summed E-state index contributed by atoms with van der Waals surface area (Å²) in [6.07, 6.45) is 1.69. The predicted molar refractivity (Wildman–Crippen MR) is 66.5 cm³/mol. The molecule has 0 spiro atoms. The van der Waals surface area contributed by atoms with E-state index < -0.39 is 0 Å². The van der Waals surface area contributed by atoms with Gasteiger partial charge in [-0.15, -0.1) is 0 Å². The molecule has 0 fully saturated rings. The lowest BCUT2D eigenvalue weighted by molar-refractivity contribution is 0.201. The molecular weight excluding hydrogens is 224 g/mol. The second kappa shape index (κ2) is 6.18. The number of hydrogen-bond donors (Lipinski definition) is 2. The number of aliphatic hydroxyl groups is 1. The maximum Gasteiger partial charge on any atom is 0.129 e. The Balaban J connectivity index is 2.67. The number of halogens is 1. The van der Waals surface area contributed by atoms with Gasteiger partial charge in [0.2, 0.25) is 0 Å². The van der Waals surface area contributed by atoms with E-state index >= 15 is 0 Å². The molecule has 16 heavy (non-hydrogen) atoms. The van der Waals surface area contributed by atoms with Crippen LogP contribution in [0.4, 0.5) is 0 Å². The summed E-state index contributed by atoms with van der Waals surface area (Å²) in [4.78, 5) is 3.94. The summed E-state index contributed by atoms with van der Waals surface area (Å²) in [5.74, 6) is 0.393. The van der Waals surface area contributed by atoms with Crippen LogP contribution in [-0.4, -0.2) is 22.7 Å². The van der Waals surface area contributed by atoms with E-state index in [4.69, 9.17) is 11.6 Å². The molecule has 0 saturated carbocycles. The van der Waals surface area contributed by atoms with Gasteiger partial charge in [0.15, 0.2) is 0 Å². The number of nitrogens with one attached hydrogen (secondary N) is 1. The largest absolute Gasteiger partial charge is 0.395 e. The van der Waals surface area contributed by atoms with Crippen LogP contribution in [-0.2, 0) is 0 Å². The molecule has 0 saturated heterocycles. The minimum atomic E-state index is 0.0990. The topological polar surface area (TPSA) is 45.1 Å². The Labute approximate surface area is 102 Å².